The summed E-state index contributed by atoms with van der Waals surface area (Å²) in [6, 6.07) is 4.13. The predicted molar refractivity (Wildman–Crippen MR) is 72.0 cm³/mol. The van der Waals surface area contributed by atoms with Gasteiger partial charge in [0.05, 0.1) is 15.6 Å². The Morgan fingerprint density at radius 1 is 1.44 bits per heavy atom. The Kier molecular flexibility index (Phi) is 4.61. The number of halogens is 1. The molecule has 1 aromatic rings. The van der Waals surface area contributed by atoms with Gasteiger partial charge in [-0.3, -0.25) is 0 Å². The van der Waals surface area contributed by atoms with Crippen molar-refractivity contribution in [3.8, 4) is 0 Å². The molecule has 18 heavy (non-hydrogen) atoms. The van der Waals surface area contributed by atoms with Gasteiger partial charge in [-0.05, 0) is 38.5 Å². The molecular formula is C11H17ClN2O3S. The minimum Gasteiger partial charge on any atom is -0.397 e. The Morgan fingerprint density at radius 2 is 2.06 bits per heavy atom. The van der Waals surface area contributed by atoms with Gasteiger partial charge in [0, 0.05) is 12.1 Å². The van der Waals surface area contributed by atoms with Crippen LogP contribution < -0.4 is 10.5 Å². The molecule has 7 heteroatoms. The van der Waals surface area contributed by atoms with E-state index in [1.165, 1.54) is 18.2 Å². The van der Waals surface area contributed by atoms with Gasteiger partial charge in [0.1, 0.15) is 0 Å². The predicted octanol–water partition coefficient (Wildman–Crippen LogP) is 1.36. The van der Waals surface area contributed by atoms with Gasteiger partial charge < -0.3 is 10.8 Å². The Labute approximate surface area is 112 Å². The molecule has 0 aliphatic carbocycles. The van der Waals surface area contributed by atoms with Gasteiger partial charge in [-0.2, -0.15) is 0 Å². The zero-order valence-corrected chi connectivity index (χ0v) is 11.8. The van der Waals surface area contributed by atoms with Crippen molar-refractivity contribution < 1.29 is 13.5 Å². The number of aliphatic hydroxyl groups is 1. The third-order valence-corrected chi connectivity index (χ3v) is 4.47. The summed E-state index contributed by atoms with van der Waals surface area (Å²) in [6.45, 7) is 3.29. The minimum atomic E-state index is -3.68. The summed E-state index contributed by atoms with van der Waals surface area (Å²) in [5.74, 6) is 0. The van der Waals surface area contributed by atoms with Crippen LogP contribution in [0.3, 0.4) is 0 Å². The molecule has 0 radical (unpaired) electrons. The summed E-state index contributed by atoms with van der Waals surface area (Å²) >= 11 is 5.74. The average molecular weight is 293 g/mol. The van der Waals surface area contributed by atoms with E-state index in [0.717, 1.165) is 0 Å². The number of nitrogens with one attached hydrogen (secondary N) is 1. The third-order valence-electron chi connectivity index (χ3n) is 2.43. The molecule has 0 spiro atoms. The molecule has 0 aliphatic heterocycles. The minimum absolute atomic E-state index is 0.0513. The SMILES string of the molecule is CC(C)(CCO)NS(=O)(=O)c1ccc(Cl)c(N)c1. The molecule has 0 bridgehead atoms. The second-order valence-corrected chi connectivity index (χ2v) is 6.74. The summed E-state index contributed by atoms with van der Waals surface area (Å²) in [4.78, 5) is 0.0513. The lowest BCUT2D eigenvalue weighted by molar-refractivity contribution is 0.246. The van der Waals surface area contributed by atoms with Crippen LogP contribution >= 0.6 is 11.6 Å². The molecule has 0 aromatic heterocycles. The normalized spacial score (nSPS) is 12.7. The van der Waals surface area contributed by atoms with Crippen LogP contribution in [0.1, 0.15) is 20.3 Å². The van der Waals surface area contributed by atoms with E-state index in [4.69, 9.17) is 22.4 Å². The summed E-state index contributed by atoms with van der Waals surface area (Å²) in [6.07, 6.45) is 0.315. The highest BCUT2D eigenvalue weighted by atomic mass is 35.5. The molecule has 1 rings (SSSR count). The topological polar surface area (TPSA) is 92.4 Å². The monoisotopic (exact) mass is 292 g/mol. The van der Waals surface area contributed by atoms with E-state index in [1.54, 1.807) is 13.8 Å². The van der Waals surface area contributed by atoms with Gasteiger partial charge in [-0.25, -0.2) is 13.1 Å². The highest BCUT2D eigenvalue weighted by Crippen LogP contribution is 2.23. The van der Waals surface area contributed by atoms with E-state index in [2.05, 4.69) is 4.72 Å². The number of aliphatic hydroxyl groups excluding tert-OH is 1. The van der Waals surface area contributed by atoms with Gasteiger partial charge in [0.25, 0.3) is 0 Å². The van der Waals surface area contributed by atoms with Crippen molar-refractivity contribution in [3.05, 3.63) is 23.2 Å². The van der Waals surface area contributed by atoms with E-state index in [9.17, 15) is 8.42 Å². The molecule has 1 aromatic carbocycles. The number of rotatable bonds is 5. The zero-order chi connectivity index (χ0) is 14.0. The largest absolute Gasteiger partial charge is 0.397 e. The van der Waals surface area contributed by atoms with Crippen molar-refractivity contribution in [3.63, 3.8) is 0 Å². The zero-order valence-electron chi connectivity index (χ0n) is 10.3. The van der Waals surface area contributed by atoms with Gasteiger partial charge >= 0.3 is 0 Å². The number of nitrogen functional groups attached to an aromatic ring is 1. The van der Waals surface area contributed by atoms with Crippen LogP contribution in [-0.2, 0) is 10.0 Å². The first-order chi connectivity index (χ1) is 8.18. The first-order valence-electron chi connectivity index (χ1n) is 5.38. The lowest BCUT2D eigenvalue weighted by Crippen LogP contribution is -2.43. The molecule has 0 fully saturated rings. The standard InChI is InChI=1S/C11H17ClN2O3S/c1-11(2,5-6-15)14-18(16,17)8-3-4-9(12)10(13)7-8/h3-4,7,14-15H,5-6,13H2,1-2H3. The van der Waals surface area contributed by atoms with Gasteiger partial charge in [-0.1, -0.05) is 11.6 Å². The summed E-state index contributed by atoms with van der Waals surface area (Å²) < 4.78 is 26.7. The van der Waals surface area contributed by atoms with E-state index in [-0.39, 0.29) is 17.2 Å². The molecule has 4 N–H and O–H groups in total. The molecule has 5 nitrogen and oxygen atoms in total. The molecule has 0 amide bonds. The molecule has 0 aliphatic rings. The average Bonchev–Trinajstić information content (AvgIpc) is 2.20. The maximum atomic E-state index is 12.1. The van der Waals surface area contributed by atoms with E-state index >= 15 is 0 Å². The summed E-state index contributed by atoms with van der Waals surface area (Å²) in [5, 5.41) is 9.19. The smallest absolute Gasteiger partial charge is 0.241 e. The quantitative estimate of drug-likeness (QED) is 0.715. The van der Waals surface area contributed by atoms with Crippen LogP contribution in [0.15, 0.2) is 23.1 Å². The Balaban J connectivity index is 3.03. The van der Waals surface area contributed by atoms with Crippen molar-refractivity contribution >= 4 is 27.3 Å². The number of nitrogens with two attached hydrogens (primary N) is 1. The number of anilines is 1. The van der Waals surface area contributed by atoms with Crippen LogP contribution in [-0.4, -0.2) is 25.7 Å². The molecule has 102 valence electrons. The van der Waals surface area contributed by atoms with Gasteiger partial charge in [-0.15, -0.1) is 0 Å². The van der Waals surface area contributed by atoms with E-state index < -0.39 is 15.6 Å². The Bertz CT molecular complexity index is 529. The molecule has 0 heterocycles. The van der Waals surface area contributed by atoms with E-state index in [1.807, 2.05) is 0 Å². The second kappa shape index (κ2) is 5.44. The first-order valence-corrected chi connectivity index (χ1v) is 7.24. The van der Waals surface area contributed by atoms with Crippen LogP contribution in [0.2, 0.25) is 5.02 Å². The maximum absolute atomic E-state index is 12.1. The van der Waals surface area contributed by atoms with E-state index in [0.29, 0.717) is 11.4 Å². The van der Waals surface area contributed by atoms with Crippen molar-refractivity contribution in [2.75, 3.05) is 12.3 Å². The number of hydrogen-bond donors (Lipinski definition) is 3. The molecular weight excluding hydrogens is 276 g/mol. The molecule has 0 unspecified atom stereocenters. The summed E-state index contributed by atoms with van der Waals surface area (Å²) in [5.41, 5.74) is 5.05. The highest BCUT2D eigenvalue weighted by molar-refractivity contribution is 7.89. The Hall–Kier alpha value is -0.820. The van der Waals surface area contributed by atoms with Crippen molar-refractivity contribution in [2.45, 2.75) is 30.7 Å². The lowest BCUT2D eigenvalue weighted by Gasteiger charge is -2.25. The first kappa shape index (κ1) is 15.2. The highest BCUT2D eigenvalue weighted by Gasteiger charge is 2.25. The number of hydrogen-bond acceptors (Lipinski definition) is 4. The number of benzene rings is 1. The fourth-order valence-electron chi connectivity index (χ4n) is 1.44. The summed E-state index contributed by atoms with van der Waals surface area (Å²) in [7, 11) is -3.68. The molecule has 0 saturated carbocycles. The fraction of sp³-hybridized carbons (Fsp3) is 0.455. The molecule has 0 atom stereocenters. The third kappa shape index (κ3) is 3.84. The Morgan fingerprint density at radius 3 is 2.56 bits per heavy atom. The van der Waals surface area contributed by atoms with Crippen molar-refractivity contribution in [1.29, 1.82) is 0 Å². The molecule has 0 saturated heterocycles. The van der Waals surface area contributed by atoms with Gasteiger partial charge in [0.15, 0.2) is 0 Å². The van der Waals surface area contributed by atoms with Crippen LogP contribution in [0, 0.1) is 0 Å². The number of sulfonamides is 1. The van der Waals surface area contributed by atoms with Gasteiger partial charge in [0.2, 0.25) is 10.0 Å². The van der Waals surface area contributed by atoms with Crippen LogP contribution in [0.25, 0.3) is 0 Å². The maximum Gasteiger partial charge on any atom is 0.241 e. The van der Waals surface area contributed by atoms with Crippen LogP contribution in [0.5, 0.6) is 0 Å². The second-order valence-electron chi connectivity index (χ2n) is 4.65. The van der Waals surface area contributed by atoms with Crippen molar-refractivity contribution in [2.24, 2.45) is 0 Å². The van der Waals surface area contributed by atoms with Crippen LogP contribution in [0.4, 0.5) is 5.69 Å². The fourth-order valence-corrected chi connectivity index (χ4v) is 3.04. The lowest BCUT2D eigenvalue weighted by atomic mass is 10.0. The van der Waals surface area contributed by atoms with Crippen molar-refractivity contribution in [1.82, 2.24) is 4.72 Å².